The van der Waals surface area contributed by atoms with Gasteiger partial charge in [0.15, 0.2) is 0 Å². The van der Waals surface area contributed by atoms with Crippen molar-refractivity contribution in [3.8, 4) is 0 Å². The summed E-state index contributed by atoms with van der Waals surface area (Å²) in [6.07, 6.45) is 2.03. The number of aliphatic carboxylic acids is 1. The highest BCUT2D eigenvalue weighted by Crippen LogP contribution is 2.07. The van der Waals surface area contributed by atoms with Crippen molar-refractivity contribution in [3.63, 3.8) is 0 Å². The standard InChI is InChI=1S/C15H21NO3/c1-11-6-8-13(9-7-11)4-3-5-14(17)16-12(2)10-15(18)19/h6-9,12H,3-5,10H2,1-2H3,(H,16,17)(H,18,19). The van der Waals surface area contributed by atoms with Crippen LogP contribution in [0.3, 0.4) is 0 Å². The summed E-state index contributed by atoms with van der Waals surface area (Å²) in [6, 6.07) is 7.94. The van der Waals surface area contributed by atoms with Gasteiger partial charge in [0.2, 0.25) is 5.91 Å². The van der Waals surface area contributed by atoms with Gasteiger partial charge in [-0.15, -0.1) is 0 Å². The molecule has 0 bridgehead atoms. The molecule has 4 heteroatoms. The van der Waals surface area contributed by atoms with Crippen LogP contribution in [0.2, 0.25) is 0 Å². The Hall–Kier alpha value is -1.84. The van der Waals surface area contributed by atoms with Crippen molar-refractivity contribution >= 4 is 11.9 Å². The van der Waals surface area contributed by atoms with E-state index in [9.17, 15) is 9.59 Å². The summed E-state index contributed by atoms with van der Waals surface area (Å²) < 4.78 is 0. The first-order valence-electron chi connectivity index (χ1n) is 6.54. The van der Waals surface area contributed by atoms with Gasteiger partial charge in [-0.25, -0.2) is 0 Å². The number of carboxylic acid groups (broad SMARTS) is 1. The predicted molar refractivity (Wildman–Crippen MR) is 74.0 cm³/mol. The third kappa shape index (κ3) is 6.60. The maximum absolute atomic E-state index is 11.6. The highest BCUT2D eigenvalue weighted by Gasteiger charge is 2.10. The summed E-state index contributed by atoms with van der Waals surface area (Å²) in [5.41, 5.74) is 2.45. The number of aryl methyl sites for hydroxylation is 2. The predicted octanol–water partition coefficient (Wildman–Crippen LogP) is 2.30. The molecule has 1 aromatic rings. The van der Waals surface area contributed by atoms with Gasteiger partial charge >= 0.3 is 5.97 Å². The maximum Gasteiger partial charge on any atom is 0.305 e. The molecule has 19 heavy (non-hydrogen) atoms. The Morgan fingerprint density at radius 2 is 1.89 bits per heavy atom. The second-order valence-corrected chi connectivity index (χ2v) is 4.91. The Balaban J connectivity index is 2.23. The van der Waals surface area contributed by atoms with Crippen molar-refractivity contribution in [3.05, 3.63) is 35.4 Å². The SMILES string of the molecule is Cc1ccc(CCCC(=O)NC(C)CC(=O)O)cc1. The van der Waals surface area contributed by atoms with Gasteiger partial charge in [-0.05, 0) is 32.3 Å². The number of hydrogen-bond donors (Lipinski definition) is 2. The summed E-state index contributed by atoms with van der Waals surface area (Å²) in [7, 11) is 0. The Morgan fingerprint density at radius 1 is 1.26 bits per heavy atom. The summed E-state index contributed by atoms with van der Waals surface area (Å²) in [5.74, 6) is -0.978. The van der Waals surface area contributed by atoms with Crippen LogP contribution >= 0.6 is 0 Å². The number of carbonyl (C=O) groups excluding carboxylic acids is 1. The van der Waals surface area contributed by atoms with Gasteiger partial charge in [-0.3, -0.25) is 9.59 Å². The van der Waals surface area contributed by atoms with E-state index in [4.69, 9.17) is 5.11 Å². The van der Waals surface area contributed by atoms with Gasteiger partial charge in [0.05, 0.1) is 6.42 Å². The highest BCUT2D eigenvalue weighted by atomic mass is 16.4. The zero-order valence-corrected chi connectivity index (χ0v) is 11.5. The molecule has 0 aliphatic heterocycles. The van der Waals surface area contributed by atoms with E-state index in [1.165, 1.54) is 11.1 Å². The monoisotopic (exact) mass is 263 g/mol. The first-order chi connectivity index (χ1) is 8.97. The molecule has 0 aliphatic rings. The minimum atomic E-state index is -0.896. The van der Waals surface area contributed by atoms with Crippen LogP contribution < -0.4 is 5.32 Å². The van der Waals surface area contributed by atoms with E-state index in [0.717, 1.165) is 12.8 Å². The van der Waals surface area contributed by atoms with Gasteiger partial charge in [0.25, 0.3) is 0 Å². The average Bonchev–Trinajstić information content (AvgIpc) is 2.30. The van der Waals surface area contributed by atoms with Gasteiger partial charge < -0.3 is 10.4 Å². The van der Waals surface area contributed by atoms with Gasteiger partial charge in [-0.2, -0.15) is 0 Å². The van der Waals surface area contributed by atoms with E-state index < -0.39 is 5.97 Å². The molecule has 104 valence electrons. The summed E-state index contributed by atoms with van der Waals surface area (Å²) in [4.78, 5) is 22.0. The van der Waals surface area contributed by atoms with Crippen LogP contribution in [0, 0.1) is 6.92 Å². The Labute approximate surface area is 113 Å². The second-order valence-electron chi connectivity index (χ2n) is 4.91. The van der Waals surface area contributed by atoms with Crippen molar-refractivity contribution in [1.82, 2.24) is 5.32 Å². The summed E-state index contributed by atoms with van der Waals surface area (Å²) in [6.45, 7) is 3.74. The minimum Gasteiger partial charge on any atom is -0.481 e. The average molecular weight is 263 g/mol. The maximum atomic E-state index is 11.6. The third-order valence-corrected chi connectivity index (χ3v) is 2.88. The molecule has 0 fully saturated rings. The molecule has 1 atom stereocenters. The first kappa shape index (κ1) is 15.2. The molecule has 1 amide bonds. The molecule has 2 N–H and O–H groups in total. The number of hydrogen-bond acceptors (Lipinski definition) is 2. The third-order valence-electron chi connectivity index (χ3n) is 2.88. The van der Waals surface area contributed by atoms with E-state index in [2.05, 4.69) is 29.6 Å². The zero-order valence-electron chi connectivity index (χ0n) is 11.5. The molecule has 4 nitrogen and oxygen atoms in total. The molecule has 0 aliphatic carbocycles. The van der Waals surface area contributed by atoms with E-state index in [1.54, 1.807) is 6.92 Å². The van der Waals surface area contributed by atoms with Crippen molar-refractivity contribution in [2.45, 2.75) is 45.6 Å². The van der Waals surface area contributed by atoms with Crippen LogP contribution in [-0.2, 0) is 16.0 Å². The molecule has 1 rings (SSSR count). The Morgan fingerprint density at radius 3 is 2.47 bits per heavy atom. The normalized spacial score (nSPS) is 11.9. The quantitative estimate of drug-likeness (QED) is 0.793. The zero-order chi connectivity index (χ0) is 14.3. The molecule has 0 saturated carbocycles. The summed E-state index contributed by atoms with van der Waals surface area (Å²) >= 11 is 0. The molecule has 0 heterocycles. The largest absolute Gasteiger partial charge is 0.481 e. The molecule has 0 aromatic heterocycles. The van der Waals surface area contributed by atoms with Crippen molar-refractivity contribution < 1.29 is 14.7 Å². The number of amides is 1. The number of rotatable bonds is 7. The van der Waals surface area contributed by atoms with Gasteiger partial charge in [0.1, 0.15) is 0 Å². The van der Waals surface area contributed by atoms with Crippen LogP contribution in [0.15, 0.2) is 24.3 Å². The van der Waals surface area contributed by atoms with Crippen molar-refractivity contribution in [2.75, 3.05) is 0 Å². The lowest BCUT2D eigenvalue weighted by Crippen LogP contribution is -2.34. The van der Waals surface area contributed by atoms with Crippen LogP contribution in [0.5, 0.6) is 0 Å². The first-order valence-corrected chi connectivity index (χ1v) is 6.54. The van der Waals surface area contributed by atoms with E-state index in [0.29, 0.717) is 6.42 Å². The smallest absolute Gasteiger partial charge is 0.305 e. The molecular formula is C15H21NO3. The second kappa shape index (κ2) is 7.56. The Bertz CT molecular complexity index is 426. The molecule has 0 radical (unpaired) electrons. The van der Waals surface area contributed by atoms with Crippen LogP contribution in [0.1, 0.15) is 37.3 Å². The summed E-state index contributed by atoms with van der Waals surface area (Å²) in [5, 5.41) is 11.3. The lowest BCUT2D eigenvalue weighted by atomic mass is 10.1. The lowest BCUT2D eigenvalue weighted by Gasteiger charge is -2.11. The fourth-order valence-electron chi connectivity index (χ4n) is 1.87. The van der Waals surface area contributed by atoms with Crippen LogP contribution in [0.4, 0.5) is 0 Å². The number of carboxylic acids is 1. The molecular weight excluding hydrogens is 242 g/mol. The molecule has 1 aromatic carbocycles. The molecule has 0 spiro atoms. The van der Waals surface area contributed by atoms with Crippen molar-refractivity contribution in [2.24, 2.45) is 0 Å². The van der Waals surface area contributed by atoms with Crippen molar-refractivity contribution in [1.29, 1.82) is 0 Å². The lowest BCUT2D eigenvalue weighted by molar-refractivity contribution is -0.137. The highest BCUT2D eigenvalue weighted by molar-refractivity contribution is 5.77. The Kier molecular flexibility index (Phi) is 6.06. The minimum absolute atomic E-state index is 0.0380. The number of nitrogens with one attached hydrogen (secondary N) is 1. The van der Waals surface area contributed by atoms with Gasteiger partial charge in [0, 0.05) is 12.5 Å². The molecule has 1 unspecified atom stereocenters. The fraction of sp³-hybridized carbons (Fsp3) is 0.467. The van der Waals surface area contributed by atoms with Crippen LogP contribution in [-0.4, -0.2) is 23.0 Å². The molecule has 0 saturated heterocycles. The van der Waals surface area contributed by atoms with Crippen LogP contribution in [0.25, 0.3) is 0 Å². The topological polar surface area (TPSA) is 66.4 Å². The van der Waals surface area contributed by atoms with Gasteiger partial charge in [-0.1, -0.05) is 29.8 Å². The fourth-order valence-corrected chi connectivity index (χ4v) is 1.87. The number of benzene rings is 1. The van der Waals surface area contributed by atoms with E-state index in [-0.39, 0.29) is 18.4 Å². The van der Waals surface area contributed by atoms with E-state index >= 15 is 0 Å². The van der Waals surface area contributed by atoms with E-state index in [1.807, 2.05) is 6.92 Å². The number of carbonyl (C=O) groups is 2.